The maximum absolute atomic E-state index is 9.62. The number of ether oxygens (including phenoxy) is 2. The van der Waals surface area contributed by atoms with E-state index >= 15 is 0 Å². The van der Waals surface area contributed by atoms with Crippen molar-refractivity contribution < 1.29 is 9.47 Å². The van der Waals surface area contributed by atoms with Crippen LogP contribution >= 0.6 is 0 Å². The van der Waals surface area contributed by atoms with Gasteiger partial charge in [0, 0.05) is 5.56 Å². The molecule has 0 radical (unpaired) electrons. The molecule has 8 heteroatoms. The molecule has 0 bridgehead atoms. The molecule has 2 heterocycles. The van der Waals surface area contributed by atoms with E-state index in [-0.39, 0.29) is 11.6 Å². The number of hydrogen-bond donors (Lipinski definition) is 1. The molecule has 4 rings (SSSR count). The van der Waals surface area contributed by atoms with Crippen LogP contribution in [0.3, 0.4) is 0 Å². The maximum Gasteiger partial charge on any atom is 0.207 e. The number of aromatic nitrogens is 4. The summed E-state index contributed by atoms with van der Waals surface area (Å²) in [5.74, 6) is 1.95. The van der Waals surface area contributed by atoms with E-state index in [4.69, 9.17) is 15.2 Å². The number of nitrogen functional groups attached to an aromatic ring is 1. The first-order valence-corrected chi connectivity index (χ1v) is 8.99. The number of anilines is 1. The largest absolute Gasteiger partial charge is 0.495 e. The Labute approximate surface area is 167 Å². The molecule has 2 N–H and O–H groups in total. The molecule has 0 spiro atoms. The Hall–Kier alpha value is -4.12. The van der Waals surface area contributed by atoms with Crippen LogP contribution < -0.4 is 15.2 Å². The lowest BCUT2D eigenvalue weighted by molar-refractivity contribution is 0.340. The molecule has 2 aromatic heterocycles. The van der Waals surface area contributed by atoms with Gasteiger partial charge >= 0.3 is 0 Å². The van der Waals surface area contributed by atoms with Crippen LogP contribution in [-0.4, -0.2) is 33.2 Å². The SMILES string of the molecule is CCOc1ccc(-c2nc(C#N)c3nc(N)n(-c4ccccc4OC)c3n2)cc1. The minimum absolute atomic E-state index is 0.152. The van der Waals surface area contributed by atoms with Crippen molar-refractivity contribution in [2.24, 2.45) is 0 Å². The van der Waals surface area contributed by atoms with E-state index in [2.05, 4.69) is 21.0 Å². The van der Waals surface area contributed by atoms with Crippen molar-refractivity contribution in [1.82, 2.24) is 19.5 Å². The van der Waals surface area contributed by atoms with Gasteiger partial charge in [-0.05, 0) is 43.3 Å². The second-order valence-corrected chi connectivity index (χ2v) is 6.11. The Balaban J connectivity index is 1.94. The normalized spacial score (nSPS) is 10.7. The monoisotopic (exact) mass is 386 g/mol. The lowest BCUT2D eigenvalue weighted by atomic mass is 10.2. The van der Waals surface area contributed by atoms with Crippen molar-refractivity contribution in [2.75, 3.05) is 19.5 Å². The van der Waals surface area contributed by atoms with Gasteiger partial charge in [-0.3, -0.25) is 4.57 Å². The fourth-order valence-electron chi connectivity index (χ4n) is 3.10. The molecule has 0 aliphatic carbocycles. The van der Waals surface area contributed by atoms with Gasteiger partial charge in [0.25, 0.3) is 0 Å². The van der Waals surface area contributed by atoms with E-state index in [0.29, 0.717) is 35.0 Å². The van der Waals surface area contributed by atoms with Gasteiger partial charge in [-0.15, -0.1) is 0 Å². The van der Waals surface area contributed by atoms with Crippen LogP contribution in [0, 0.1) is 11.3 Å². The first-order chi connectivity index (χ1) is 14.2. The summed E-state index contributed by atoms with van der Waals surface area (Å²) in [7, 11) is 1.58. The predicted octanol–water partition coefficient (Wildman–Crippen LogP) is 3.34. The first kappa shape index (κ1) is 18.3. The Kier molecular flexibility index (Phi) is 4.71. The van der Waals surface area contributed by atoms with E-state index in [1.54, 1.807) is 11.7 Å². The number of nitriles is 1. The van der Waals surface area contributed by atoms with Gasteiger partial charge in [-0.25, -0.2) is 15.0 Å². The molecule has 0 amide bonds. The van der Waals surface area contributed by atoms with E-state index in [1.807, 2.05) is 55.5 Å². The average molecular weight is 386 g/mol. The molecule has 4 aromatic rings. The van der Waals surface area contributed by atoms with Crippen molar-refractivity contribution in [1.29, 1.82) is 5.26 Å². The third kappa shape index (κ3) is 3.19. The van der Waals surface area contributed by atoms with E-state index in [9.17, 15) is 5.26 Å². The van der Waals surface area contributed by atoms with Gasteiger partial charge in [-0.2, -0.15) is 5.26 Å². The Morgan fingerprint density at radius 2 is 1.83 bits per heavy atom. The number of hydrogen-bond acceptors (Lipinski definition) is 7. The molecule has 0 unspecified atom stereocenters. The third-order valence-corrected chi connectivity index (χ3v) is 4.39. The predicted molar refractivity (Wildman–Crippen MR) is 109 cm³/mol. The molecule has 0 aliphatic rings. The molecule has 29 heavy (non-hydrogen) atoms. The smallest absolute Gasteiger partial charge is 0.207 e. The molecule has 0 aliphatic heterocycles. The van der Waals surface area contributed by atoms with Crippen molar-refractivity contribution in [3.63, 3.8) is 0 Å². The molecule has 0 saturated carbocycles. The Morgan fingerprint density at radius 3 is 2.52 bits per heavy atom. The van der Waals surface area contributed by atoms with Crippen LogP contribution in [0.2, 0.25) is 0 Å². The number of benzene rings is 2. The number of fused-ring (bicyclic) bond motifs is 1. The van der Waals surface area contributed by atoms with E-state index in [0.717, 1.165) is 11.3 Å². The lowest BCUT2D eigenvalue weighted by Gasteiger charge is -2.11. The number of nitrogens with zero attached hydrogens (tertiary/aromatic N) is 5. The first-order valence-electron chi connectivity index (χ1n) is 8.99. The number of para-hydroxylation sites is 2. The molecule has 144 valence electrons. The highest BCUT2D eigenvalue weighted by atomic mass is 16.5. The number of rotatable bonds is 5. The molecule has 0 saturated heterocycles. The summed E-state index contributed by atoms with van der Waals surface area (Å²) < 4.78 is 12.6. The van der Waals surface area contributed by atoms with Gasteiger partial charge in [0.05, 0.1) is 19.4 Å². The molecular formula is C21H18N6O2. The van der Waals surface area contributed by atoms with Crippen LogP contribution in [0.25, 0.3) is 28.2 Å². The van der Waals surface area contributed by atoms with Crippen LogP contribution in [0.1, 0.15) is 12.6 Å². The third-order valence-electron chi connectivity index (χ3n) is 4.39. The molecule has 8 nitrogen and oxygen atoms in total. The standard InChI is InChI=1S/C21H18N6O2/c1-3-29-14-10-8-13(9-11-14)19-24-15(12-22)18-20(26-19)27(21(23)25-18)16-6-4-5-7-17(16)28-2/h4-11H,3H2,1-2H3,(H2,23,25). The molecule has 0 atom stereocenters. The van der Waals surface area contributed by atoms with Gasteiger partial charge in [0.1, 0.15) is 23.1 Å². The lowest BCUT2D eigenvalue weighted by Crippen LogP contribution is -2.04. The minimum Gasteiger partial charge on any atom is -0.495 e. The van der Waals surface area contributed by atoms with Crippen molar-refractivity contribution >= 4 is 17.1 Å². The number of nitrogens with two attached hydrogens (primary N) is 1. The molecular weight excluding hydrogens is 368 g/mol. The summed E-state index contributed by atoms with van der Waals surface area (Å²) in [5.41, 5.74) is 8.52. The highest BCUT2D eigenvalue weighted by molar-refractivity contribution is 5.83. The quantitative estimate of drug-likeness (QED) is 0.560. The van der Waals surface area contributed by atoms with Gasteiger partial charge < -0.3 is 15.2 Å². The Bertz CT molecular complexity index is 1220. The number of methoxy groups -OCH3 is 1. The van der Waals surface area contributed by atoms with Crippen molar-refractivity contribution in [3.8, 4) is 34.6 Å². The fraction of sp³-hybridized carbons (Fsp3) is 0.143. The van der Waals surface area contributed by atoms with Gasteiger partial charge in [-0.1, -0.05) is 12.1 Å². The van der Waals surface area contributed by atoms with Crippen LogP contribution in [0.5, 0.6) is 11.5 Å². The number of imidazole rings is 1. The van der Waals surface area contributed by atoms with Crippen LogP contribution in [0.4, 0.5) is 5.95 Å². The summed E-state index contributed by atoms with van der Waals surface area (Å²) in [6.45, 7) is 2.51. The zero-order chi connectivity index (χ0) is 20.4. The Morgan fingerprint density at radius 1 is 1.07 bits per heavy atom. The van der Waals surface area contributed by atoms with Crippen molar-refractivity contribution in [3.05, 3.63) is 54.2 Å². The van der Waals surface area contributed by atoms with E-state index < -0.39 is 0 Å². The molecule has 2 aromatic carbocycles. The second-order valence-electron chi connectivity index (χ2n) is 6.11. The topological polar surface area (TPSA) is 112 Å². The summed E-state index contributed by atoms with van der Waals surface area (Å²) >= 11 is 0. The molecule has 0 fully saturated rings. The summed E-state index contributed by atoms with van der Waals surface area (Å²) in [4.78, 5) is 13.4. The summed E-state index contributed by atoms with van der Waals surface area (Å²) in [5, 5.41) is 9.62. The van der Waals surface area contributed by atoms with Gasteiger partial charge in [0.15, 0.2) is 17.2 Å². The highest BCUT2D eigenvalue weighted by Crippen LogP contribution is 2.31. The zero-order valence-corrected chi connectivity index (χ0v) is 16.0. The van der Waals surface area contributed by atoms with Gasteiger partial charge in [0.2, 0.25) is 5.95 Å². The second kappa shape index (κ2) is 7.48. The summed E-state index contributed by atoms with van der Waals surface area (Å²) in [6, 6.07) is 16.9. The average Bonchev–Trinajstić information content (AvgIpc) is 3.09. The van der Waals surface area contributed by atoms with Crippen LogP contribution in [-0.2, 0) is 0 Å². The highest BCUT2D eigenvalue weighted by Gasteiger charge is 2.20. The zero-order valence-electron chi connectivity index (χ0n) is 16.0. The van der Waals surface area contributed by atoms with E-state index in [1.165, 1.54) is 0 Å². The van der Waals surface area contributed by atoms with Crippen molar-refractivity contribution in [2.45, 2.75) is 6.92 Å². The minimum atomic E-state index is 0.152. The fourth-order valence-corrected chi connectivity index (χ4v) is 3.10. The van der Waals surface area contributed by atoms with Crippen LogP contribution in [0.15, 0.2) is 48.5 Å². The maximum atomic E-state index is 9.62. The summed E-state index contributed by atoms with van der Waals surface area (Å²) in [6.07, 6.45) is 0.